The first kappa shape index (κ1) is 18.6. The molecule has 1 amide bonds. The molecule has 122 valence electrons. The molecule has 0 aliphatic heterocycles. The average Bonchev–Trinajstić information content (AvgIpc) is 2.50. The van der Waals surface area contributed by atoms with Crippen LogP contribution in [0.4, 0.5) is 5.69 Å². The van der Waals surface area contributed by atoms with Gasteiger partial charge in [-0.25, -0.2) is 0 Å². The second-order valence-corrected chi connectivity index (χ2v) is 7.40. The van der Waals surface area contributed by atoms with Gasteiger partial charge in [-0.15, -0.1) is 0 Å². The summed E-state index contributed by atoms with van der Waals surface area (Å²) in [6, 6.07) is 7.02. The van der Waals surface area contributed by atoms with Crippen LogP contribution in [0.1, 0.15) is 11.1 Å². The highest BCUT2D eigenvalue weighted by Crippen LogP contribution is 2.35. The fraction of sp³-hybridized carbons (Fsp3) is 0.188. The van der Waals surface area contributed by atoms with Crippen LogP contribution in [-0.2, 0) is 4.79 Å². The van der Waals surface area contributed by atoms with E-state index in [1.54, 1.807) is 24.3 Å². The average molecular weight is 482 g/mol. The molecule has 7 heteroatoms. The van der Waals surface area contributed by atoms with Gasteiger partial charge >= 0.3 is 0 Å². The number of benzene rings is 2. The predicted molar refractivity (Wildman–Crippen MR) is 102 cm³/mol. The monoisotopic (exact) mass is 479 g/mol. The first-order chi connectivity index (χ1) is 10.8. The van der Waals surface area contributed by atoms with Gasteiger partial charge in [0.05, 0.1) is 15.2 Å². The van der Waals surface area contributed by atoms with Crippen molar-refractivity contribution in [3.8, 4) is 5.75 Å². The summed E-state index contributed by atoms with van der Waals surface area (Å²) < 4.78 is 7.16. The Morgan fingerprint density at radius 2 is 1.91 bits per heavy atom. The highest BCUT2D eigenvalue weighted by atomic mass is 79.9. The number of rotatable bonds is 4. The van der Waals surface area contributed by atoms with Crippen molar-refractivity contribution in [1.82, 2.24) is 0 Å². The van der Waals surface area contributed by atoms with E-state index in [4.69, 9.17) is 27.9 Å². The molecule has 0 bridgehead atoms. The van der Waals surface area contributed by atoms with E-state index in [-0.39, 0.29) is 12.5 Å². The Morgan fingerprint density at radius 1 is 1.22 bits per heavy atom. The summed E-state index contributed by atoms with van der Waals surface area (Å²) in [5.41, 5.74) is 2.29. The van der Waals surface area contributed by atoms with E-state index in [1.165, 1.54) is 0 Å². The molecule has 23 heavy (non-hydrogen) atoms. The molecule has 2 aromatic carbocycles. The fourth-order valence-electron chi connectivity index (χ4n) is 1.93. The molecule has 2 aromatic rings. The lowest BCUT2D eigenvalue weighted by atomic mass is 10.1. The lowest BCUT2D eigenvalue weighted by Crippen LogP contribution is -2.20. The van der Waals surface area contributed by atoms with E-state index < -0.39 is 0 Å². The van der Waals surface area contributed by atoms with Gasteiger partial charge in [0, 0.05) is 9.50 Å². The number of hydrogen-bond acceptors (Lipinski definition) is 2. The standard InChI is InChI=1S/C16H13Br2Cl2NO2/c1-8-5-13(15(18)9(2)16(8)20)23-7-14(22)21-12-4-3-10(17)6-11(12)19/h3-6H,7H2,1-2H3,(H,21,22). The van der Waals surface area contributed by atoms with Gasteiger partial charge in [0.15, 0.2) is 6.61 Å². The molecule has 0 fully saturated rings. The Bertz CT molecular complexity index is 766. The lowest BCUT2D eigenvalue weighted by Gasteiger charge is -2.13. The van der Waals surface area contributed by atoms with Crippen molar-refractivity contribution < 1.29 is 9.53 Å². The number of aryl methyl sites for hydroxylation is 1. The third-order valence-corrected chi connectivity index (χ3v) is 5.51. The van der Waals surface area contributed by atoms with E-state index >= 15 is 0 Å². The molecule has 0 spiro atoms. The molecule has 0 heterocycles. The predicted octanol–water partition coefficient (Wildman–Crippen LogP) is 6.15. The number of amides is 1. The number of halogens is 4. The molecule has 0 saturated carbocycles. The molecule has 0 aliphatic rings. The summed E-state index contributed by atoms with van der Waals surface area (Å²) in [6.45, 7) is 3.63. The maximum Gasteiger partial charge on any atom is 0.262 e. The van der Waals surface area contributed by atoms with Gasteiger partial charge in [-0.1, -0.05) is 39.1 Å². The minimum atomic E-state index is -0.300. The number of anilines is 1. The molecular formula is C16H13Br2Cl2NO2. The van der Waals surface area contributed by atoms with Crippen LogP contribution < -0.4 is 10.1 Å². The number of nitrogens with one attached hydrogen (secondary N) is 1. The van der Waals surface area contributed by atoms with Gasteiger partial charge in [0.2, 0.25) is 0 Å². The third kappa shape index (κ3) is 4.63. The van der Waals surface area contributed by atoms with Crippen molar-refractivity contribution in [3.63, 3.8) is 0 Å². The second kappa shape index (κ2) is 7.88. The van der Waals surface area contributed by atoms with Gasteiger partial charge < -0.3 is 10.1 Å². The van der Waals surface area contributed by atoms with Crippen molar-refractivity contribution >= 4 is 66.7 Å². The van der Waals surface area contributed by atoms with Crippen LogP contribution in [0, 0.1) is 13.8 Å². The zero-order valence-electron chi connectivity index (χ0n) is 12.3. The molecule has 3 nitrogen and oxygen atoms in total. The number of carbonyl (C=O) groups excluding carboxylic acids is 1. The van der Waals surface area contributed by atoms with E-state index in [9.17, 15) is 4.79 Å². The Balaban J connectivity index is 2.05. The maximum atomic E-state index is 12.0. The van der Waals surface area contributed by atoms with Crippen molar-refractivity contribution in [2.75, 3.05) is 11.9 Å². The normalized spacial score (nSPS) is 10.5. The molecular weight excluding hydrogens is 469 g/mol. The van der Waals surface area contributed by atoms with Gasteiger partial charge in [-0.05, 0) is 65.2 Å². The summed E-state index contributed by atoms with van der Waals surface area (Å²) in [5, 5.41) is 3.84. The van der Waals surface area contributed by atoms with Crippen LogP contribution in [-0.4, -0.2) is 12.5 Å². The second-order valence-electron chi connectivity index (χ2n) is 4.91. The topological polar surface area (TPSA) is 38.3 Å². The first-order valence-corrected chi connectivity index (χ1v) is 8.96. The quantitative estimate of drug-likeness (QED) is 0.568. The molecule has 0 saturated heterocycles. The highest BCUT2D eigenvalue weighted by molar-refractivity contribution is 9.10. The van der Waals surface area contributed by atoms with Crippen LogP contribution in [0.3, 0.4) is 0 Å². The van der Waals surface area contributed by atoms with Crippen molar-refractivity contribution in [2.24, 2.45) is 0 Å². The number of hydrogen-bond donors (Lipinski definition) is 1. The third-order valence-electron chi connectivity index (χ3n) is 3.13. The van der Waals surface area contributed by atoms with Crippen LogP contribution >= 0.6 is 55.1 Å². The van der Waals surface area contributed by atoms with Crippen molar-refractivity contribution in [1.29, 1.82) is 0 Å². The fourth-order valence-corrected chi connectivity index (χ4v) is 3.34. The minimum absolute atomic E-state index is 0.133. The molecule has 0 aromatic heterocycles. The van der Waals surface area contributed by atoms with Crippen LogP contribution in [0.25, 0.3) is 0 Å². The summed E-state index contributed by atoms with van der Waals surface area (Å²) in [7, 11) is 0. The summed E-state index contributed by atoms with van der Waals surface area (Å²) >= 11 is 19.0. The molecule has 0 radical (unpaired) electrons. The SMILES string of the molecule is Cc1cc(OCC(=O)Nc2ccc(Br)cc2Cl)c(Br)c(C)c1Cl. The number of ether oxygens (including phenoxy) is 1. The van der Waals surface area contributed by atoms with E-state index in [0.717, 1.165) is 20.1 Å². The van der Waals surface area contributed by atoms with E-state index in [0.29, 0.717) is 21.5 Å². The van der Waals surface area contributed by atoms with E-state index in [2.05, 4.69) is 37.2 Å². The van der Waals surface area contributed by atoms with Gasteiger partial charge in [-0.2, -0.15) is 0 Å². The zero-order valence-corrected chi connectivity index (χ0v) is 17.0. The Morgan fingerprint density at radius 3 is 2.57 bits per heavy atom. The molecule has 1 N–H and O–H groups in total. The van der Waals surface area contributed by atoms with Crippen LogP contribution in [0.15, 0.2) is 33.2 Å². The maximum absolute atomic E-state index is 12.0. The number of carbonyl (C=O) groups is 1. The van der Waals surface area contributed by atoms with Crippen molar-refractivity contribution in [2.45, 2.75) is 13.8 Å². The Kier molecular flexibility index (Phi) is 6.37. The van der Waals surface area contributed by atoms with E-state index in [1.807, 2.05) is 13.8 Å². The largest absolute Gasteiger partial charge is 0.483 e. The Hall–Kier alpha value is -0.750. The smallest absolute Gasteiger partial charge is 0.262 e. The first-order valence-electron chi connectivity index (χ1n) is 6.62. The summed E-state index contributed by atoms with van der Waals surface area (Å²) in [5.74, 6) is 0.271. The molecule has 0 atom stereocenters. The Labute approximate surface area is 161 Å². The van der Waals surface area contributed by atoms with Gasteiger partial charge in [0.1, 0.15) is 5.75 Å². The van der Waals surface area contributed by atoms with Crippen LogP contribution in [0.5, 0.6) is 5.75 Å². The van der Waals surface area contributed by atoms with Gasteiger partial charge in [-0.3, -0.25) is 4.79 Å². The molecule has 2 rings (SSSR count). The van der Waals surface area contributed by atoms with Crippen LogP contribution in [0.2, 0.25) is 10.0 Å². The van der Waals surface area contributed by atoms with Crippen molar-refractivity contribution in [3.05, 3.63) is 54.4 Å². The molecule has 0 aliphatic carbocycles. The lowest BCUT2D eigenvalue weighted by molar-refractivity contribution is -0.118. The summed E-state index contributed by atoms with van der Waals surface area (Å²) in [6.07, 6.45) is 0. The van der Waals surface area contributed by atoms with Gasteiger partial charge in [0.25, 0.3) is 5.91 Å². The zero-order chi connectivity index (χ0) is 17.1. The highest BCUT2D eigenvalue weighted by Gasteiger charge is 2.13. The summed E-state index contributed by atoms with van der Waals surface area (Å²) in [4.78, 5) is 12.0. The minimum Gasteiger partial charge on any atom is -0.483 e. The molecule has 0 unspecified atom stereocenters.